The van der Waals surface area contributed by atoms with Gasteiger partial charge in [-0.1, -0.05) is 54.1 Å². The quantitative estimate of drug-likeness (QED) is 0.824. The topological polar surface area (TPSA) is 41.5 Å². The van der Waals surface area contributed by atoms with Crippen molar-refractivity contribution in [2.75, 3.05) is 20.3 Å². The SMILES string of the molecule is COCC(NCC(O)c1cccc(Cl)c1)c1ccccc1. The molecule has 0 aliphatic heterocycles. The van der Waals surface area contributed by atoms with Gasteiger partial charge in [0.05, 0.1) is 18.8 Å². The Labute approximate surface area is 130 Å². The zero-order valence-corrected chi connectivity index (χ0v) is 12.8. The number of ether oxygens (including phenoxy) is 1. The van der Waals surface area contributed by atoms with Crippen molar-refractivity contribution >= 4 is 11.6 Å². The first-order valence-corrected chi connectivity index (χ1v) is 7.29. The van der Waals surface area contributed by atoms with E-state index in [-0.39, 0.29) is 6.04 Å². The molecule has 0 bridgehead atoms. The molecule has 2 atom stereocenters. The van der Waals surface area contributed by atoms with Crippen LogP contribution < -0.4 is 5.32 Å². The Morgan fingerprint density at radius 3 is 2.48 bits per heavy atom. The van der Waals surface area contributed by atoms with Gasteiger partial charge in [0.1, 0.15) is 0 Å². The third kappa shape index (κ3) is 4.83. The zero-order valence-electron chi connectivity index (χ0n) is 12.0. The fourth-order valence-electron chi connectivity index (χ4n) is 2.21. The van der Waals surface area contributed by atoms with Gasteiger partial charge in [-0.15, -0.1) is 0 Å². The Balaban J connectivity index is 1.98. The first kappa shape index (κ1) is 16.0. The van der Waals surface area contributed by atoms with E-state index in [4.69, 9.17) is 16.3 Å². The molecule has 3 nitrogen and oxygen atoms in total. The highest BCUT2D eigenvalue weighted by atomic mass is 35.5. The van der Waals surface area contributed by atoms with Gasteiger partial charge in [-0.2, -0.15) is 0 Å². The third-order valence-corrected chi connectivity index (χ3v) is 3.56. The molecule has 0 fully saturated rings. The van der Waals surface area contributed by atoms with Crippen LogP contribution in [0.4, 0.5) is 0 Å². The highest BCUT2D eigenvalue weighted by Crippen LogP contribution is 2.19. The summed E-state index contributed by atoms with van der Waals surface area (Å²) in [6.07, 6.45) is -0.605. The molecule has 0 radical (unpaired) electrons. The lowest BCUT2D eigenvalue weighted by Crippen LogP contribution is -2.29. The van der Waals surface area contributed by atoms with E-state index in [0.717, 1.165) is 11.1 Å². The van der Waals surface area contributed by atoms with E-state index < -0.39 is 6.10 Å². The smallest absolute Gasteiger partial charge is 0.0915 e. The summed E-state index contributed by atoms with van der Waals surface area (Å²) in [4.78, 5) is 0. The third-order valence-electron chi connectivity index (χ3n) is 3.33. The monoisotopic (exact) mass is 305 g/mol. The summed E-state index contributed by atoms with van der Waals surface area (Å²) in [5, 5.41) is 14.2. The van der Waals surface area contributed by atoms with Crippen molar-refractivity contribution in [3.8, 4) is 0 Å². The maximum absolute atomic E-state index is 10.2. The van der Waals surface area contributed by atoms with Gasteiger partial charge in [0, 0.05) is 18.7 Å². The minimum atomic E-state index is -0.605. The van der Waals surface area contributed by atoms with Gasteiger partial charge in [-0.3, -0.25) is 0 Å². The molecule has 0 saturated heterocycles. The van der Waals surface area contributed by atoms with Gasteiger partial charge in [0.15, 0.2) is 0 Å². The average Bonchev–Trinajstić information content (AvgIpc) is 2.52. The van der Waals surface area contributed by atoms with Gasteiger partial charge >= 0.3 is 0 Å². The van der Waals surface area contributed by atoms with E-state index in [1.807, 2.05) is 42.5 Å². The summed E-state index contributed by atoms with van der Waals surface area (Å²) in [7, 11) is 1.67. The molecule has 0 spiro atoms. The van der Waals surface area contributed by atoms with Crippen molar-refractivity contribution in [2.24, 2.45) is 0 Å². The molecular formula is C17H20ClNO2. The molecule has 0 heterocycles. The average molecular weight is 306 g/mol. The van der Waals surface area contributed by atoms with Crippen LogP contribution in [0.1, 0.15) is 23.3 Å². The fraction of sp³-hybridized carbons (Fsp3) is 0.294. The van der Waals surface area contributed by atoms with Gasteiger partial charge in [-0.25, -0.2) is 0 Å². The van der Waals surface area contributed by atoms with Crippen molar-refractivity contribution in [2.45, 2.75) is 12.1 Å². The van der Waals surface area contributed by atoms with Crippen LogP contribution >= 0.6 is 11.6 Å². The van der Waals surface area contributed by atoms with Gasteiger partial charge in [-0.05, 0) is 23.3 Å². The summed E-state index contributed by atoms with van der Waals surface area (Å²) >= 11 is 5.95. The molecule has 2 aromatic carbocycles. The number of methoxy groups -OCH3 is 1. The van der Waals surface area contributed by atoms with E-state index >= 15 is 0 Å². The summed E-state index contributed by atoms with van der Waals surface area (Å²) in [6, 6.07) is 17.4. The van der Waals surface area contributed by atoms with Crippen LogP contribution in [-0.4, -0.2) is 25.4 Å². The minimum Gasteiger partial charge on any atom is -0.387 e. The molecule has 0 saturated carbocycles. The molecule has 2 unspecified atom stereocenters. The molecule has 21 heavy (non-hydrogen) atoms. The Morgan fingerprint density at radius 1 is 1.10 bits per heavy atom. The molecule has 2 aromatic rings. The van der Waals surface area contributed by atoms with Crippen molar-refractivity contribution in [3.63, 3.8) is 0 Å². The lowest BCUT2D eigenvalue weighted by Gasteiger charge is -2.21. The van der Waals surface area contributed by atoms with Crippen LogP contribution in [0.25, 0.3) is 0 Å². The molecule has 2 N–H and O–H groups in total. The Morgan fingerprint density at radius 2 is 1.81 bits per heavy atom. The van der Waals surface area contributed by atoms with Crippen molar-refractivity contribution < 1.29 is 9.84 Å². The minimum absolute atomic E-state index is 0.0463. The maximum Gasteiger partial charge on any atom is 0.0915 e. The number of aliphatic hydroxyl groups is 1. The second kappa shape index (κ2) is 8.15. The summed E-state index contributed by atoms with van der Waals surface area (Å²) in [6.45, 7) is 0.982. The summed E-state index contributed by atoms with van der Waals surface area (Å²) in [5.74, 6) is 0. The lowest BCUT2D eigenvalue weighted by molar-refractivity contribution is 0.139. The maximum atomic E-state index is 10.2. The second-order valence-corrected chi connectivity index (χ2v) is 5.33. The Kier molecular flexibility index (Phi) is 6.21. The molecule has 0 aromatic heterocycles. The lowest BCUT2D eigenvalue weighted by atomic mass is 10.1. The fourth-order valence-corrected chi connectivity index (χ4v) is 2.41. The number of halogens is 1. The Bertz CT molecular complexity index is 547. The molecule has 0 aliphatic rings. The molecule has 0 amide bonds. The van der Waals surface area contributed by atoms with E-state index in [2.05, 4.69) is 5.32 Å². The second-order valence-electron chi connectivity index (χ2n) is 4.90. The van der Waals surface area contributed by atoms with Gasteiger partial charge in [0.2, 0.25) is 0 Å². The van der Waals surface area contributed by atoms with Crippen molar-refractivity contribution in [1.29, 1.82) is 0 Å². The van der Waals surface area contributed by atoms with E-state index in [1.54, 1.807) is 19.2 Å². The van der Waals surface area contributed by atoms with Crippen LogP contribution in [0.2, 0.25) is 5.02 Å². The number of nitrogens with one attached hydrogen (secondary N) is 1. The summed E-state index contributed by atoms with van der Waals surface area (Å²) < 4.78 is 5.25. The van der Waals surface area contributed by atoms with Crippen LogP contribution in [0, 0.1) is 0 Å². The van der Waals surface area contributed by atoms with Crippen LogP contribution in [-0.2, 0) is 4.74 Å². The normalized spacial score (nSPS) is 13.9. The van der Waals surface area contributed by atoms with Gasteiger partial charge < -0.3 is 15.2 Å². The zero-order chi connectivity index (χ0) is 15.1. The standard InChI is InChI=1S/C17H20ClNO2/c1-21-12-16(13-6-3-2-4-7-13)19-11-17(20)14-8-5-9-15(18)10-14/h2-10,16-17,19-20H,11-12H2,1H3. The molecule has 112 valence electrons. The number of rotatable bonds is 7. The molecule has 4 heteroatoms. The number of benzene rings is 2. The van der Waals surface area contributed by atoms with E-state index in [9.17, 15) is 5.11 Å². The summed E-state index contributed by atoms with van der Waals surface area (Å²) in [5.41, 5.74) is 1.94. The first-order chi connectivity index (χ1) is 10.2. The number of hydrogen-bond acceptors (Lipinski definition) is 3. The molecule has 2 rings (SSSR count). The highest BCUT2D eigenvalue weighted by Gasteiger charge is 2.14. The predicted molar refractivity (Wildman–Crippen MR) is 85.5 cm³/mol. The highest BCUT2D eigenvalue weighted by molar-refractivity contribution is 6.30. The van der Waals surface area contributed by atoms with Crippen LogP contribution in [0.15, 0.2) is 54.6 Å². The molecular weight excluding hydrogens is 286 g/mol. The van der Waals surface area contributed by atoms with Crippen LogP contribution in [0.3, 0.4) is 0 Å². The number of aliphatic hydroxyl groups excluding tert-OH is 1. The van der Waals surface area contributed by atoms with Crippen molar-refractivity contribution in [1.82, 2.24) is 5.32 Å². The van der Waals surface area contributed by atoms with E-state index in [0.29, 0.717) is 18.2 Å². The Hall–Kier alpha value is -1.39. The van der Waals surface area contributed by atoms with Gasteiger partial charge in [0.25, 0.3) is 0 Å². The van der Waals surface area contributed by atoms with Crippen LogP contribution in [0.5, 0.6) is 0 Å². The predicted octanol–water partition coefficient (Wildman–Crippen LogP) is 3.35. The molecule has 0 aliphatic carbocycles. The van der Waals surface area contributed by atoms with E-state index in [1.165, 1.54) is 0 Å². The first-order valence-electron chi connectivity index (χ1n) is 6.91. The van der Waals surface area contributed by atoms with Crippen molar-refractivity contribution in [3.05, 3.63) is 70.7 Å². The largest absolute Gasteiger partial charge is 0.387 e. The number of hydrogen-bond donors (Lipinski definition) is 2.